The van der Waals surface area contributed by atoms with E-state index in [1.54, 1.807) is 41.5 Å². The minimum Gasteiger partial charge on any atom is -0.458 e. The van der Waals surface area contributed by atoms with Gasteiger partial charge in [0.05, 0.1) is 0 Å². The summed E-state index contributed by atoms with van der Waals surface area (Å²) >= 11 is 0. The molecule has 0 aromatic heterocycles. The van der Waals surface area contributed by atoms with Crippen LogP contribution >= 0.6 is 0 Å². The number of unbranched alkanes of at least 4 members (excludes halogenated alkanes) is 1. The highest BCUT2D eigenvalue weighted by molar-refractivity contribution is 6.32. The summed E-state index contributed by atoms with van der Waals surface area (Å²) in [6.45, 7) is 12.0. The van der Waals surface area contributed by atoms with Crippen LogP contribution in [-0.4, -0.2) is 60.3 Å². The number of nitrogens with one attached hydrogen (secondary N) is 3. The Morgan fingerprint density at radius 1 is 0.900 bits per heavy atom. The molecule has 0 radical (unpaired) electrons. The summed E-state index contributed by atoms with van der Waals surface area (Å²) in [5.74, 6) is -2.84. The maximum absolute atomic E-state index is 12.5. The molecular formula is C20H38N4O6. The average molecular weight is 431 g/mol. The van der Waals surface area contributed by atoms with Crippen molar-refractivity contribution in [2.24, 2.45) is 5.73 Å². The molecule has 0 bridgehead atoms. The van der Waals surface area contributed by atoms with E-state index in [4.69, 9.17) is 15.2 Å². The van der Waals surface area contributed by atoms with Crippen molar-refractivity contribution in [1.29, 1.82) is 0 Å². The summed E-state index contributed by atoms with van der Waals surface area (Å²) in [6.07, 6.45) is 2.45. The van der Waals surface area contributed by atoms with Crippen molar-refractivity contribution >= 4 is 23.9 Å². The van der Waals surface area contributed by atoms with Crippen LogP contribution in [0.4, 0.5) is 4.79 Å². The molecule has 0 aromatic rings. The summed E-state index contributed by atoms with van der Waals surface area (Å²) in [5, 5.41) is 7.51. The number of esters is 2. The molecule has 0 fully saturated rings. The third-order valence-electron chi connectivity index (χ3n) is 3.52. The first-order valence-corrected chi connectivity index (χ1v) is 10.2. The standard InChI is InChI=1S/C20H38N4O6/c1-13(10-8-9-11-21)23-18(28)24-14(16(26)29-19(2,3)4)12-22-15(25)17(27)30-20(5,6)7/h13-14H,8-12,21H2,1-7H3,(H,22,25)(H2,23,24,28)/t13?,14-/m0/s1. The van der Waals surface area contributed by atoms with Gasteiger partial charge in [0.1, 0.15) is 17.2 Å². The largest absolute Gasteiger partial charge is 0.458 e. The van der Waals surface area contributed by atoms with Gasteiger partial charge in [0.15, 0.2) is 0 Å². The molecule has 0 aliphatic carbocycles. The first kappa shape index (κ1) is 27.6. The van der Waals surface area contributed by atoms with Gasteiger partial charge in [0.25, 0.3) is 0 Å². The minimum atomic E-state index is -1.19. The molecule has 0 heterocycles. The van der Waals surface area contributed by atoms with Crippen molar-refractivity contribution in [3.05, 3.63) is 0 Å². The van der Waals surface area contributed by atoms with Crippen molar-refractivity contribution in [2.45, 2.75) is 91.0 Å². The number of carbonyl (C=O) groups excluding carboxylic acids is 4. The van der Waals surface area contributed by atoms with Crippen molar-refractivity contribution in [3.8, 4) is 0 Å². The summed E-state index contributed by atoms with van der Waals surface area (Å²) < 4.78 is 10.3. The molecule has 0 aliphatic heterocycles. The smallest absolute Gasteiger partial charge is 0.397 e. The molecule has 0 rings (SSSR count). The zero-order valence-corrected chi connectivity index (χ0v) is 19.2. The van der Waals surface area contributed by atoms with E-state index in [0.717, 1.165) is 19.3 Å². The number of nitrogens with two attached hydrogens (primary N) is 1. The lowest BCUT2D eigenvalue weighted by atomic mass is 10.1. The van der Waals surface area contributed by atoms with Crippen LogP contribution in [0.1, 0.15) is 67.7 Å². The van der Waals surface area contributed by atoms with Crippen molar-refractivity contribution in [3.63, 3.8) is 0 Å². The molecule has 0 saturated carbocycles. The van der Waals surface area contributed by atoms with Gasteiger partial charge in [0, 0.05) is 12.6 Å². The number of hydrogen-bond donors (Lipinski definition) is 4. The first-order valence-electron chi connectivity index (χ1n) is 10.2. The molecule has 0 saturated heterocycles. The van der Waals surface area contributed by atoms with E-state index in [1.807, 2.05) is 6.92 Å². The Morgan fingerprint density at radius 2 is 1.47 bits per heavy atom. The fourth-order valence-corrected chi connectivity index (χ4v) is 2.25. The van der Waals surface area contributed by atoms with Gasteiger partial charge in [-0.3, -0.25) is 4.79 Å². The Morgan fingerprint density at radius 3 is 1.97 bits per heavy atom. The Kier molecular flexibility index (Phi) is 11.4. The van der Waals surface area contributed by atoms with E-state index in [9.17, 15) is 19.2 Å². The number of carbonyl (C=O) groups is 4. The van der Waals surface area contributed by atoms with Crippen LogP contribution in [-0.2, 0) is 23.9 Å². The third kappa shape index (κ3) is 13.8. The van der Waals surface area contributed by atoms with Crippen LogP contribution < -0.4 is 21.7 Å². The molecule has 0 aromatic carbocycles. The molecule has 0 spiro atoms. The number of hydrogen-bond acceptors (Lipinski definition) is 7. The lowest BCUT2D eigenvalue weighted by Gasteiger charge is -2.25. The molecule has 5 N–H and O–H groups in total. The van der Waals surface area contributed by atoms with Crippen LogP contribution in [0.3, 0.4) is 0 Å². The number of rotatable bonds is 9. The molecule has 10 nitrogen and oxygen atoms in total. The minimum absolute atomic E-state index is 0.132. The van der Waals surface area contributed by atoms with Gasteiger partial charge in [-0.15, -0.1) is 0 Å². The fourth-order valence-electron chi connectivity index (χ4n) is 2.25. The second-order valence-corrected chi connectivity index (χ2v) is 9.10. The maximum Gasteiger partial charge on any atom is 0.397 e. The van der Waals surface area contributed by atoms with E-state index in [-0.39, 0.29) is 12.6 Å². The van der Waals surface area contributed by atoms with Gasteiger partial charge in [-0.1, -0.05) is 6.42 Å². The van der Waals surface area contributed by atoms with Gasteiger partial charge < -0.3 is 31.2 Å². The molecule has 3 amide bonds. The quantitative estimate of drug-likeness (QED) is 0.242. The monoisotopic (exact) mass is 430 g/mol. The predicted octanol–water partition coefficient (Wildman–Crippen LogP) is 0.971. The van der Waals surface area contributed by atoms with Crippen LogP contribution in [0.25, 0.3) is 0 Å². The predicted molar refractivity (Wildman–Crippen MR) is 113 cm³/mol. The second kappa shape index (κ2) is 12.4. The Balaban J connectivity index is 4.95. The molecule has 10 heteroatoms. The highest BCUT2D eigenvalue weighted by Gasteiger charge is 2.29. The number of urea groups is 1. The van der Waals surface area contributed by atoms with Crippen LogP contribution in [0.5, 0.6) is 0 Å². The van der Waals surface area contributed by atoms with Gasteiger partial charge in [-0.25, -0.2) is 14.4 Å². The van der Waals surface area contributed by atoms with Crippen molar-refractivity contribution in [1.82, 2.24) is 16.0 Å². The summed E-state index contributed by atoms with van der Waals surface area (Å²) in [5.41, 5.74) is 3.83. The molecule has 0 aliphatic rings. The van der Waals surface area contributed by atoms with Crippen LogP contribution in [0.2, 0.25) is 0 Å². The molecular weight excluding hydrogens is 392 g/mol. The molecule has 30 heavy (non-hydrogen) atoms. The van der Waals surface area contributed by atoms with E-state index >= 15 is 0 Å². The van der Waals surface area contributed by atoms with E-state index in [2.05, 4.69) is 16.0 Å². The topological polar surface area (TPSA) is 149 Å². The maximum atomic E-state index is 12.5. The summed E-state index contributed by atoms with van der Waals surface area (Å²) in [7, 11) is 0. The number of amides is 3. The Bertz CT molecular complexity index is 595. The Labute approximate surface area is 179 Å². The van der Waals surface area contributed by atoms with Gasteiger partial charge in [0.2, 0.25) is 0 Å². The average Bonchev–Trinajstić information content (AvgIpc) is 2.55. The van der Waals surface area contributed by atoms with Crippen LogP contribution in [0, 0.1) is 0 Å². The normalized spacial score (nSPS) is 13.6. The van der Waals surface area contributed by atoms with E-state index < -0.39 is 41.1 Å². The van der Waals surface area contributed by atoms with E-state index in [1.165, 1.54) is 0 Å². The molecule has 2 atom stereocenters. The third-order valence-corrected chi connectivity index (χ3v) is 3.52. The van der Waals surface area contributed by atoms with Gasteiger partial charge in [-0.2, -0.15) is 0 Å². The summed E-state index contributed by atoms with van der Waals surface area (Å²) in [6, 6.07) is -1.91. The SMILES string of the molecule is CC(CCCCN)NC(=O)N[C@@H](CNC(=O)C(=O)OC(C)(C)C)C(=O)OC(C)(C)C. The zero-order valence-electron chi connectivity index (χ0n) is 19.2. The fraction of sp³-hybridized carbons (Fsp3) is 0.800. The lowest BCUT2D eigenvalue weighted by molar-refractivity contribution is -0.164. The highest BCUT2D eigenvalue weighted by atomic mass is 16.6. The van der Waals surface area contributed by atoms with Gasteiger partial charge in [-0.05, 0) is 67.9 Å². The molecule has 174 valence electrons. The van der Waals surface area contributed by atoms with Crippen molar-refractivity contribution in [2.75, 3.05) is 13.1 Å². The summed E-state index contributed by atoms with van der Waals surface area (Å²) in [4.78, 5) is 48.5. The Hall–Kier alpha value is -2.36. The zero-order chi connectivity index (χ0) is 23.5. The first-order chi connectivity index (χ1) is 13.6. The second-order valence-electron chi connectivity index (χ2n) is 9.10. The molecule has 1 unspecified atom stereocenters. The highest BCUT2D eigenvalue weighted by Crippen LogP contribution is 2.09. The van der Waals surface area contributed by atoms with E-state index in [0.29, 0.717) is 6.54 Å². The van der Waals surface area contributed by atoms with Crippen molar-refractivity contribution < 1.29 is 28.7 Å². The number of ether oxygens (including phenoxy) is 2. The van der Waals surface area contributed by atoms with Gasteiger partial charge >= 0.3 is 23.9 Å². The lowest BCUT2D eigenvalue weighted by Crippen LogP contribution is -2.55. The van der Waals surface area contributed by atoms with Crippen LogP contribution in [0.15, 0.2) is 0 Å².